The quantitative estimate of drug-likeness (QED) is 0.398. The molecule has 2 atom stereocenters. The van der Waals surface area contributed by atoms with Crippen molar-refractivity contribution >= 4 is 5.91 Å². The van der Waals surface area contributed by atoms with Crippen LogP contribution in [0, 0.1) is 11.8 Å². The molecular weight excluding hydrogens is 378 g/mol. The molecule has 1 aromatic heterocycles. The Morgan fingerprint density at radius 1 is 1.27 bits per heavy atom. The number of carbonyl (C=O) groups excluding carboxylic acids is 1. The van der Waals surface area contributed by atoms with E-state index in [1.54, 1.807) is 0 Å². The number of tetrazole rings is 1. The topological polar surface area (TPSA) is 95.0 Å². The van der Waals surface area contributed by atoms with Gasteiger partial charge in [0.05, 0.1) is 18.7 Å². The molecule has 1 saturated heterocycles. The van der Waals surface area contributed by atoms with Crippen molar-refractivity contribution in [3.63, 3.8) is 0 Å². The SMILES string of the molecule is O=C1CCCC[C@H](C=CC(O)Cc2ccccc2)N1CC#CCCCc1nn[nH]n1. The fourth-order valence-electron chi connectivity index (χ4n) is 3.55. The number of hydrogen-bond donors (Lipinski definition) is 2. The van der Waals surface area contributed by atoms with Crippen LogP contribution in [-0.4, -0.2) is 55.2 Å². The van der Waals surface area contributed by atoms with E-state index < -0.39 is 6.10 Å². The highest BCUT2D eigenvalue weighted by Gasteiger charge is 2.23. The molecular formula is C23H29N5O2. The maximum atomic E-state index is 12.6. The third-order valence-corrected chi connectivity index (χ3v) is 5.17. The Balaban J connectivity index is 1.52. The second-order valence-electron chi connectivity index (χ2n) is 7.51. The average molecular weight is 408 g/mol. The molecule has 2 heterocycles. The highest BCUT2D eigenvalue weighted by Crippen LogP contribution is 2.19. The predicted molar refractivity (Wildman–Crippen MR) is 114 cm³/mol. The summed E-state index contributed by atoms with van der Waals surface area (Å²) in [5.74, 6) is 7.13. The number of unbranched alkanes of at least 4 members (excludes halogenated alkanes) is 1. The number of carbonyl (C=O) groups is 1. The molecule has 2 N–H and O–H groups in total. The second kappa shape index (κ2) is 11.9. The van der Waals surface area contributed by atoms with Crippen molar-refractivity contribution in [3.8, 4) is 11.8 Å². The van der Waals surface area contributed by atoms with E-state index in [9.17, 15) is 9.90 Å². The Hall–Kier alpha value is -2.98. The van der Waals surface area contributed by atoms with Crippen molar-refractivity contribution < 1.29 is 9.90 Å². The van der Waals surface area contributed by atoms with E-state index in [-0.39, 0.29) is 11.9 Å². The number of aliphatic hydroxyl groups excluding tert-OH is 1. The summed E-state index contributed by atoms with van der Waals surface area (Å²) >= 11 is 0. The van der Waals surface area contributed by atoms with E-state index >= 15 is 0 Å². The first-order chi connectivity index (χ1) is 14.7. The molecule has 158 valence electrons. The van der Waals surface area contributed by atoms with E-state index in [4.69, 9.17) is 0 Å². The number of nitrogens with zero attached hydrogens (tertiary/aromatic N) is 4. The van der Waals surface area contributed by atoms with E-state index in [1.165, 1.54) is 0 Å². The zero-order valence-corrected chi connectivity index (χ0v) is 17.2. The summed E-state index contributed by atoms with van der Waals surface area (Å²) in [6.45, 7) is 0.421. The number of aliphatic hydroxyl groups is 1. The van der Waals surface area contributed by atoms with Gasteiger partial charge in [0.25, 0.3) is 0 Å². The number of rotatable bonds is 8. The van der Waals surface area contributed by atoms with Gasteiger partial charge in [-0.2, -0.15) is 5.21 Å². The molecule has 1 aromatic carbocycles. The summed E-state index contributed by atoms with van der Waals surface area (Å²) in [5, 5.41) is 24.2. The lowest BCUT2D eigenvalue weighted by atomic mass is 10.0. The highest BCUT2D eigenvalue weighted by atomic mass is 16.3. The van der Waals surface area contributed by atoms with Crippen molar-refractivity contribution in [2.75, 3.05) is 6.54 Å². The third kappa shape index (κ3) is 7.12. The summed E-state index contributed by atoms with van der Waals surface area (Å²) in [4.78, 5) is 14.4. The molecule has 1 amide bonds. The van der Waals surface area contributed by atoms with Crippen LogP contribution in [0.1, 0.15) is 49.9 Å². The van der Waals surface area contributed by atoms with Crippen LogP contribution in [0.5, 0.6) is 0 Å². The Morgan fingerprint density at radius 2 is 2.13 bits per heavy atom. The summed E-state index contributed by atoms with van der Waals surface area (Å²) in [7, 11) is 0. The fourth-order valence-corrected chi connectivity index (χ4v) is 3.55. The molecule has 0 radical (unpaired) electrons. The minimum atomic E-state index is -0.566. The van der Waals surface area contributed by atoms with E-state index in [0.717, 1.165) is 44.1 Å². The van der Waals surface area contributed by atoms with Gasteiger partial charge in [-0.15, -0.1) is 16.1 Å². The van der Waals surface area contributed by atoms with Gasteiger partial charge >= 0.3 is 0 Å². The zero-order chi connectivity index (χ0) is 21.0. The normalized spacial score (nSPS) is 18.1. The van der Waals surface area contributed by atoms with Crippen molar-refractivity contribution in [2.45, 2.75) is 63.5 Å². The molecule has 0 bridgehead atoms. The number of amides is 1. The summed E-state index contributed by atoms with van der Waals surface area (Å²) < 4.78 is 0. The monoisotopic (exact) mass is 407 g/mol. The van der Waals surface area contributed by atoms with Crippen LogP contribution in [-0.2, 0) is 17.6 Å². The molecule has 0 aliphatic carbocycles. The van der Waals surface area contributed by atoms with Crippen LogP contribution in [0.15, 0.2) is 42.5 Å². The Labute approximate surface area is 177 Å². The molecule has 1 fully saturated rings. The molecule has 1 aliphatic rings. The summed E-state index contributed by atoms with van der Waals surface area (Å²) in [6.07, 6.45) is 9.50. The first-order valence-corrected chi connectivity index (χ1v) is 10.6. The van der Waals surface area contributed by atoms with Crippen molar-refractivity contribution in [3.05, 3.63) is 53.9 Å². The Kier molecular flexibility index (Phi) is 8.61. The number of aryl methyl sites for hydroxylation is 1. The number of aromatic nitrogens is 4. The van der Waals surface area contributed by atoms with E-state index in [1.807, 2.05) is 47.4 Å². The first kappa shape index (κ1) is 21.7. The van der Waals surface area contributed by atoms with Gasteiger partial charge in [0.15, 0.2) is 5.82 Å². The lowest BCUT2D eigenvalue weighted by Gasteiger charge is -2.26. The molecule has 3 rings (SSSR count). The minimum absolute atomic E-state index is 0.0148. The standard InChI is InChI=1S/C23H29N5O2/c29-21(18-19-10-4-3-5-11-19)16-15-20-12-7-8-14-23(30)28(20)17-9-2-1-6-13-22-24-26-27-25-22/h3-5,10-11,15-16,20-21,29H,1,6-8,12-14,17-18H2,(H,24,25,26,27)/t20-,21?/m1/s1. The Bertz CT molecular complexity index is 855. The zero-order valence-electron chi connectivity index (χ0n) is 17.2. The van der Waals surface area contributed by atoms with Crippen LogP contribution in [0.25, 0.3) is 0 Å². The largest absolute Gasteiger partial charge is 0.389 e. The predicted octanol–water partition coefficient (Wildman–Crippen LogP) is 2.46. The van der Waals surface area contributed by atoms with Crippen LogP contribution < -0.4 is 0 Å². The van der Waals surface area contributed by atoms with Gasteiger partial charge in [-0.1, -0.05) is 60.0 Å². The molecule has 7 nitrogen and oxygen atoms in total. The van der Waals surface area contributed by atoms with Gasteiger partial charge in [-0.25, -0.2) is 0 Å². The lowest BCUT2D eigenvalue weighted by molar-refractivity contribution is -0.131. The molecule has 0 saturated carbocycles. The van der Waals surface area contributed by atoms with Gasteiger partial charge in [-0.3, -0.25) is 4.79 Å². The molecule has 1 unspecified atom stereocenters. The van der Waals surface area contributed by atoms with Gasteiger partial charge in [0.1, 0.15) is 0 Å². The third-order valence-electron chi connectivity index (χ3n) is 5.17. The smallest absolute Gasteiger partial charge is 0.223 e. The van der Waals surface area contributed by atoms with Gasteiger partial charge < -0.3 is 10.0 Å². The molecule has 7 heteroatoms. The van der Waals surface area contributed by atoms with Crippen LogP contribution in [0.3, 0.4) is 0 Å². The lowest BCUT2D eigenvalue weighted by Crippen LogP contribution is -2.38. The number of nitrogens with one attached hydrogen (secondary N) is 1. The summed E-state index contributed by atoms with van der Waals surface area (Å²) in [5.41, 5.74) is 1.09. The molecule has 30 heavy (non-hydrogen) atoms. The average Bonchev–Trinajstić information content (AvgIpc) is 3.21. The van der Waals surface area contributed by atoms with Crippen molar-refractivity contribution in [1.29, 1.82) is 0 Å². The number of aromatic amines is 1. The van der Waals surface area contributed by atoms with Gasteiger partial charge in [-0.05, 0) is 24.8 Å². The number of benzene rings is 1. The van der Waals surface area contributed by atoms with E-state index in [2.05, 4.69) is 32.5 Å². The molecule has 1 aliphatic heterocycles. The first-order valence-electron chi connectivity index (χ1n) is 10.6. The van der Waals surface area contributed by atoms with Crippen LogP contribution >= 0.6 is 0 Å². The number of likely N-dealkylation sites (tertiary alicyclic amines) is 1. The fraction of sp³-hybridized carbons (Fsp3) is 0.478. The number of hydrogen-bond acceptors (Lipinski definition) is 5. The summed E-state index contributed by atoms with van der Waals surface area (Å²) in [6, 6.07) is 9.91. The van der Waals surface area contributed by atoms with Crippen molar-refractivity contribution in [2.24, 2.45) is 0 Å². The van der Waals surface area contributed by atoms with Crippen molar-refractivity contribution in [1.82, 2.24) is 25.5 Å². The Morgan fingerprint density at radius 3 is 2.93 bits per heavy atom. The van der Waals surface area contributed by atoms with E-state index in [0.29, 0.717) is 25.2 Å². The molecule has 0 spiro atoms. The molecule has 2 aromatic rings. The maximum Gasteiger partial charge on any atom is 0.223 e. The highest BCUT2D eigenvalue weighted by molar-refractivity contribution is 5.77. The van der Waals surface area contributed by atoms with Crippen LogP contribution in [0.4, 0.5) is 0 Å². The second-order valence-corrected chi connectivity index (χ2v) is 7.51. The van der Waals surface area contributed by atoms with Gasteiger partial charge in [0, 0.05) is 25.7 Å². The number of H-pyrrole nitrogens is 1. The minimum Gasteiger partial charge on any atom is -0.389 e. The maximum absolute atomic E-state index is 12.6. The van der Waals surface area contributed by atoms with Crippen LogP contribution in [0.2, 0.25) is 0 Å². The van der Waals surface area contributed by atoms with Gasteiger partial charge in [0.2, 0.25) is 5.91 Å².